The van der Waals surface area contributed by atoms with Gasteiger partial charge in [-0.3, -0.25) is 4.98 Å². The van der Waals surface area contributed by atoms with Gasteiger partial charge in [-0.05, 0) is 90.6 Å². The Bertz CT molecular complexity index is 1250. The van der Waals surface area contributed by atoms with Crippen LogP contribution < -0.4 is 0 Å². The highest BCUT2D eigenvalue weighted by molar-refractivity contribution is 6.14. The summed E-state index contributed by atoms with van der Waals surface area (Å²) in [4.78, 5) is 4.80. The molecule has 0 aliphatic heterocycles. The molecule has 0 saturated heterocycles. The van der Waals surface area contributed by atoms with Crippen LogP contribution in [0.5, 0.6) is 0 Å². The molecule has 3 aromatic carbocycles. The molecular weight excluding hydrogens is 381 g/mol. The molecule has 31 heavy (non-hydrogen) atoms. The summed E-state index contributed by atoms with van der Waals surface area (Å²) >= 11 is 0. The van der Waals surface area contributed by atoms with Gasteiger partial charge in [0, 0.05) is 17.1 Å². The van der Waals surface area contributed by atoms with E-state index in [1.807, 2.05) is 12.3 Å². The van der Waals surface area contributed by atoms with Gasteiger partial charge in [-0.2, -0.15) is 0 Å². The SMILES string of the molecule is Cc1cc(C)cc(-c2nccc3cc(C(C)C4CCCCC4)c4cc(F)ccc4c23)c1. The van der Waals surface area contributed by atoms with E-state index >= 15 is 0 Å². The lowest BCUT2D eigenvalue weighted by Gasteiger charge is -2.29. The van der Waals surface area contributed by atoms with E-state index in [1.54, 1.807) is 12.1 Å². The summed E-state index contributed by atoms with van der Waals surface area (Å²) in [6, 6.07) is 16.3. The maximum absolute atomic E-state index is 14.4. The maximum atomic E-state index is 14.4. The van der Waals surface area contributed by atoms with Crippen molar-refractivity contribution >= 4 is 21.5 Å². The van der Waals surface area contributed by atoms with E-state index in [2.05, 4.69) is 51.1 Å². The van der Waals surface area contributed by atoms with Gasteiger partial charge < -0.3 is 0 Å². The van der Waals surface area contributed by atoms with Gasteiger partial charge in [-0.15, -0.1) is 0 Å². The van der Waals surface area contributed by atoms with Crippen molar-refractivity contribution in [3.63, 3.8) is 0 Å². The van der Waals surface area contributed by atoms with Crippen LogP contribution in [0.1, 0.15) is 61.6 Å². The molecule has 0 spiro atoms. The summed E-state index contributed by atoms with van der Waals surface area (Å²) in [5, 5.41) is 4.48. The lowest BCUT2D eigenvalue weighted by molar-refractivity contribution is 0.317. The zero-order valence-electron chi connectivity index (χ0n) is 18.7. The second-order valence-electron chi connectivity index (χ2n) is 9.48. The average Bonchev–Trinajstić information content (AvgIpc) is 2.77. The molecule has 1 aliphatic carbocycles. The van der Waals surface area contributed by atoms with Crippen molar-refractivity contribution in [2.24, 2.45) is 5.92 Å². The highest BCUT2D eigenvalue weighted by atomic mass is 19.1. The summed E-state index contributed by atoms with van der Waals surface area (Å²) in [5.74, 6) is 0.936. The maximum Gasteiger partial charge on any atom is 0.123 e. The molecule has 1 nitrogen and oxygen atoms in total. The molecule has 1 fully saturated rings. The van der Waals surface area contributed by atoms with E-state index in [0.29, 0.717) is 11.8 Å². The number of aryl methyl sites for hydroxylation is 2. The largest absolute Gasteiger partial charge is 0.256 e. The Kier molecular flexibility index (Phi) is 5.25. The standard InChI is InChI=1S/C29H30FN/c1-18-13-19(2)15-23(14-18)29-28-22(11-12-31-29)16-26(20(3)21-7-5-4-6-8-21)27-17-24(30)9-10-25(27)28/h9-17,20-21H,4-8H2,1-3H3. The normalized spacial score (nSPS) is 16.1. The Hall–Kier alpha value is -2.74. The van der Waals surface area contributed by atoms with Crippen molar-refractivity contribution in [2.45, 2.75) is 58.8 Å². The molecule has 1 atom stereocenters. The van der Waals surface area contributed by atoms with E-state index in [1.165, 1.54) is 54.2 Å². The second-order valence-corrected chi connectivity index (χ2v) is 9.48. The minimum atomic E-state index is -0.166. The summed E-state index contributed by atoms with van der Waals surface area (Å²) in [6.45, 7) is 6.59. The van der Waals surface area contributed by atoms with Gasteiger partial charge in [0.15, 0.2) is 0 Å². The first-order valence-corrected chi connectivity index (χ1v) is 11.6. The van der Waals surface area contributed by atoms with E-state index in [-0.39, 0.29) is 5.82 Å². The van der Waals surface area contributed by atoms with Crippen molar-refractivity contribution in [3.8, 4) is 11.3 Å². The Labute approximate surface area is 184 Å². The molecule has 1 aromatic heterocycles. The Morgan fingerprint density at radius 3 is 2.35 bits per heavy atom. The zero-order chi connectivity index (χ0) is 21.5. The van der Waals surface area contributed by atoms with Crippen LogP contribution >= 0.6 is 0 Å². The topological polar surface area (TPSA) is 12.9 Å². The van der Waals surface area contributed by atoms with Gasteiger partial charge in [-0.1, -0.05) is 55.5 Å². The average molecular weight is 412 g/mol. The van der Waals surface area contributed by atoms with Crippen molar-refractivity contribution in [1.29, 1.82) is 0 Å². The number of aromatic nitrogens is 1. The highest BCUT2D eigenvalue weighted by Crippen LogP contribution is 2.42. The molecule has 1 aliphatic rings. The van der Waals surface area contributed by atoms with Gasteiger partial charge >= 0.3 is 0 Å². The van der Waals surface area contributed by atoms with Crippen molar-refractivity contribution < 1.29 is 4.39 Å². The number of nitrogens with zero attached hydrogens (tertiary/aromatic N) is 1. The van der Waals surface area contributed by atoms with Crippen LogP contribution in [-0.4, -0.2) is 4.98 Å². The van der Waals surface area contributed by atoms with E-state index in [9.17, 15) is 4.39 Å². The minimum absolute atomic E-state index is 0.166. The van der Waals surface area contributed by atoms with E-state index in [4.69, 9.17) is 4.98 Å². The third kappa shape index (κ3) is 3.73. The predicted octanol–water partition coefficient (Wildman–Crippen LogP) is 8.49. The van der Waals surface area contributed by atoms with Crippen LogP contribution in [0.3, 0.4) is 0 Å². The lowest BCUT2D eigenvalue weighted by atomic mass is 9.76. The first kappa shape index (κ1) is 20.2. The Morgan fingerprint density at radius 2 is 1.61 bits per heavy atom. The summed E-state index contributed by atoms with van der Waals surface area (Å²) in [5.41, 5.74) is 5.85. The van der Waals surface area contributed by atoms with Gasteiger partial charge in [0.05, 0.1) is 5.69 Å². The minimum Gasteiger partial charge on any atom is -0.256 e. The molecule has 1 saturated carbocycles. The molecule has 4 aromatic rings. The molecule has 1 heterocycles. The predicted molar refractivity (Wildman–Crippen MR) is 129 cm³/mol. The Balaban J connectivity index is 1.79. The molecule has 0 bridgehead atoms. The van der Waals surface area contributed by atoms with Crippen LogP contribution in [-0.2, 0) is 0 Å². The number of hydrogen-bond acceptors (Lipinski definition) is 1. The van der Waals surface area contributed by atoms with Crippen molar-refractivity contribution in [2.75, 3.05) is 0 Å². The molecular formula is C29H30FN. The van der Waals surface area contributed by atoms with Crippen LogP contribution in [0.15, 0.2) is 54.7 Å². The van der Waals surface area contributed by atoms with Crippen molar-refractivity contribution in [3.05, 3.63) is 77.2 Å². The molecule has 5 rings (SSSR count). The number of pyridine rings is 1. The number of fused-ring (bicyclic) bond motifs is 3. The van der Waals surface area contributed by atoms with Gasteiger partial charge in [0.2, 0.25) is 0 Å². The fourth-order valence-electron chi connectivity index (χ4n) is 5.69. The molecule has 158 valence electrons. The molecule has 0 amide bonds. The molecule has 0 N–H and O–H groups in total. The van der Waals surface area contributed by atoms with Gasteiger partial charge in [0.25, 0.3) is 0 Å². The van der Waals surface area contributed by atoms with Crippen molar-refractivity contribution in [1.82, 2.24) is 4.98 Å². The number of halogens is 1. The van der Waals surface area contributed by atoms with Crippen LogP contribution in [0.2, 0.25) is 0 Å². The third-order valence-corrected chi connectivity index (χ3v) is 7.20. The highest BCUT2D eigenvalue weighted by Gasteiger charge is 2.24. The van der Waals surface area contributed by atoms with Gasteiger partial charge in [0.1, 0.15) is 5.82 Å². The first-order chi connectivity index (χ1) is 15.0. The van der Waals surface area contributed by atoms with Crippen LogP contribution in [0.25, 0.3) is 32.8 Å². The summed E-state index contributed by atoms with van der Waals surface area (Å²) in [6.07, 6.45) is 8.45. The van der Waals surface area contributed by atoms with Crippen LogP contribution in [0.4, 0.5) is 4.39 Å². The third-order valence-electron chi connectivity index (χ3n) is 7.20. The fraction of sp³-hybridized carbons (Fsp3) is 0.345. The first-order valence-electron chi connectivity index (χ1n) is 11.6. The van der Waals surface area contributed by atoms with Crippen LogP contribution in [0, 0.1) is 25.6 Å². The second kappa shape index (κ2) is 8.07. The number of benzene rings is 3. The molecule has 2 heteroatoms. The lowest BCUT2D eigenvalue weighted by Crippen LogP contribution is -2.14. The summed E-state index contributed by atoms with van der Waals surface area (Å²) in [7, 11) is 0. The quantitative estimate of drug-likeness (QED) is 0.308. The Morgan fingerprint density at radius 1 is 0.871 bits per heavy atom. The van der Waals surface area contributed by atoms with E-state index < -0.39 is 0 Å². The fourth-order valence-corrected chi connectivity index (χ4v) is 5.69. The van der Waals surface area contributed by atoms with Gasteiger partial charge in [-0.25, -0.2) is 4.39 Å². The molecule has 0 radical (unpaired) electrons. The van der Waals surface area contributed by atoms with E-state index in [0.717, 1.165) is 27.4 Å². The molecule has 1 unspecified atom stereocenters. The zero-order valence-corrected chi connectivity index (χ0v) is 18.7. The smallest absolute Gasteiger partial charge is 0.123 e. The summed E-state index contributed by atoms with van der Waals surface area (Å²) < 4.78 is 14.4. The number of rotatable bonds is 3. The number of hydrogen-bond donors (Lipinski definition) is 0. The monoisotopic (exact) mass is 411 g/mol.